The lowest BCUT2D eigenvalue weighted by Crippen LogP contribution is -2.15. The number of nitrogens with one attached hydrogen (secondary N) is 2. The van der Waals surface area contributed by atoms with E-state index in [1.807, 2.05) is 30.3 Å². The minimum atomic E-state index is -0.333. The molecule has 3 rings (SSSR count). The van der Waals surface area contributed by atoms with Crippen molar-refractivity contribution >= 4 is 34.8 Å². The summed E-state index contributed by atoms with van der Waals surface area (Å²) in [6, 6.07) is 21.3. The van der Waals surface area contributed by atoms with E-state index in [9.17, 15) is 9.59 Å². The lowest BCUT2D eigenvalue weighted by Gasteiger charge is -2.11. The van der Waals surface area contributed by atoms with Crippen LogP contribution < -0.4 is 15.4 Å². The molecule has 0 bridgehead atoms. The van der Waals surface area contributed by atoms with Gasteiger partial charge in [0.05, 0.1) is 19.1 Å². The topological polar surface area (TPSA) is 67.4 Å². The molecule has 0 saturated heterocycles. The molecule has 0 atom stereocenters. The van der Waals surface area contributed by atoms with Crippen molar-refractivity contribution in [2.75, 3.05) is 17.7 Å². The molecule has 0 heterocycles. The lowest BCUT2D eigenvalue weighted by molar-refractivity contribution is -0.115. The third-order valence-electron chi connectivity index (χ3n) is 4.04. The normalized spacial score (nSPS) is 10.2. The SMILES string of the molecule is COc1ccc(Cl)cc1C(=O)Nc1ccc(NC(=O)Cc2ccccc2)cc1. The van der Waals surface area contributed by atoms with Crippen LogP contribution in [0.15, 0.2) is 72.8 Å². The van der Waals surface area contributed by atoms with Crippen LogP contribution in [0.3, 0.4) is 0 Å². The number of rotatable bonds is 6. The van der Waals surface area contributed by atoms with E-state index in [1.165, 1.54) is 7.11 Å². The summed E-state index contributed by atoms with van der Waals surface area (Å²) in [6.07, 6.45) is 0.299. The first-order valence-corrected chi connectivity index (χ1v) is 9.01. The Balaban J connectivity index is 1.62. The number of anilines is 2. The van der Waals surface area contributed by atoms with E-state index >= 15 is 0 Å². The van der Waals surface area contributed by atoms with E-state index in [0.717, 1.165) is 5.56 Å². The summed E-state index contributed by atoms with van der Waals surface area (Å²) in [6.45, 7) is 0. The molecule has 5 nitrogen and oxygen atoms in total. The van der Waals surface area contributed by atoms with E-state index in [-0.39, 0.29) is 11.8 Å². The predicted octanol–water partition coefficient (Wildman–Crippen LogP) is 4.78. The smallest absolute Gasteiger partial charge is 0.259 e. The van der Waals surface area contributed by atoms with Crippen LogP contribution in [0.1, 0.15) is 15.9 Å². The summed E-state index contributed by atoms with van der Waals surface area (Å²) < 4.78 is 5.20. The zero-order chi connectivity index (χ0) is 19.9. The number of halogens is 1. The molecule has 0 aliphatic carbocycles. The van der Waals surface area contributed by atoms with Gasteiger partial charge in [0.15, 0.2) is 0 Å². The van der Waals surface area contributed by atoms with Crippen molar-refractivity contribution in [1.82, 2.24) is 0 Å². The van der Waals surface area contributed by atoms with Gasteiger partial charge in [0.25, 0.3) is 5.91 Å². The van der Waals surface area contributed by atoms with Crippen molar-refractivity contribution in [3.63, 3.8) is 0 Å². The fraction of sp³-hybridized carbons (Fsp3) is 0.0909. The summed E-state index contributed by atoms with van der Waals surface area (Å²) in [7, 11) is 1.49. The van der Waals surface area contributed by atoms with E-state index in [1.54, 1.807) is 42.5 Å². The van der Waals surface area contributed by atoms with Gasteiger partial charge in [-0.2, -0.15) is 0 Å². The Hall–Kier alpha value is -3.31. The number of carbonyl (C=O) groups is 2. The van der Waals surface area contributed by atoms with E-state index in [2.05, 4.69) is 10.6 Å². The first kappa shape index (κ1) is 19.5. The van der Waals surface area contributed by atoms with Crippen LogP contribution in [0.4, 0.5) is 11.4 Å². The average molecular weight is 395 g/mol. The Morgan fingerprint density at radius 2 is 1.54 bits per heavy atom. The fourth-order valence-corrected chi connectivity index (χ4v) is 2.85. The number of amides is 2. The molecule has 0 aliphatic rings. The van der Waals surface area contributed by atoms with Crippen LogP contribution in [-0.4, -0.2) is 18.9 Å². The van der Waals surface area contributed by atoms with E-state index < -0.39 is 0 Å². The number of carbonyl (C=O) groups excluding carboxylic acids is 2. The number of hydrogen-bond donors (Lipinski definition) is 2. The quantitative estimate of drug-likeness (QED) is 0.632. The molecule has 3 aromatic rings. The van der Waals surface area contributed by atoms with Gasteiger partial charge in [-0.15, -0.1) is 0 Å². The molecular weight excluding hydrogens is 376 g/mol. The van der Waals surface area contributed by atoms with Gasteiger partial charge in [-0.25, -0.2) is 0 Å². The molecule has 142 valence electrons. The lowest BCUT2D eigenvalue weighted by atomic mass is 10.1. The summed E-state index contributed by atoms with van der Waals surface area (Å²) in [5, 5.41) is 6.08. The molecule has 0 fully saturated rings. The maximum absolute atomic E-state index is 12.5. The molecule has 2 amide bonds. The van der Waals surface area contributed by atoms with Gasteiger partial charge < -0.3 is 15.4 Å². The molecule has 0 saturated carbocycles. The molecule has 0 radical (unpaired) electrons. The maximum Gasteiger partial charge on any atom is 0.259 e. The van der Waals surface area contributed by atoms with Crippen LogP contribution in [-0.2, 0) is 11.2 Å². The van der Waals surface area contributed by atoms with Crippen LogP contribution in [0.5, 0.6) is 5.75 Å². The molecule has 28 heavy (non-hydrogen) atoms. The van der Waals surface area contributed by atoms with Gasteiger partial charge in [-0.1, -0.05) is 41.9 Å². The van der Waals surface area contributed by atoms with E-state index in [0.29, 0.717) is 34.1 Å². The van der Waals surface area contributed by atoms with Gasteiger partial charge in [-0.3, -0.25) is 9.59 Å². The van der Waals surface area contributed by atoms with Crippen LogP contribution >= 0.6 is 11.6 Å². The van der Waals surface area contributed by atoms with Gasteiger partial charge in [0, 0.05) is 16.4 Å². The van der Waals surface area contributed by atoms with Crippen LogP contribution in [0, 0.1) is 0 Å². The fourth-order valence-electron chi connectivity index (χ4n) is 2.68. The Kier molecular flexibility index (Phi) is 6.29. The molecule has 3 aromatic carbocycles. The number of ether oxygens (including phenoxy) is 1. The van der Waals surface area contributed by atoms with Crippen molar-refractivity contribution in [3.05, 3.63) is 88.9 Å². The second kappa shape index (κ2) is 9.06. The average Bonchev–Trinajstić information content (AvgIpc) is 2.70. The minimum absolute atomic E-state index is 0.105. The summed E-state index contributed by atoms with van der Waals surface area (Å²) in [5.74, 6) is -0.00134. The van der Waals surface area contributed by atoms with Crippen molar-refractivity contribution in [3.8, 4) is 5.75 Å². The highest BCUT2D eigenvalue weighted by atomic mass is 35.5. The largest absolute Gasteiger partial charge is 0.496 e. The predicted molar refractivity (Wildman–Crippen MR) is 111 cm³/mol. The van der Waals surface area contributed by atoms with Gasteiger partial charge >= 0.3 is 0 Å². The third-order valence-corrected chi connectivity index (χ3v) is 4.28. The molecule has 0 aliphatic heterocycles. The van der Waals surface area contributed by atoms with Crippen molar-refractivity contribution < 1.29 is 14.3 Å². The van der Waals surface area contributed by atoms with Crippen LogP contribution in [0.25, 0.3) is 0 Å². The Morgan fingerprint density at radius 1 is 0.893 bits per heavy atom. The van der Waals surface area contributed by atoms with Crippen molar-refractivity contribution in [2.24, 2.45) is 0 Å². The molecular formula is C22H19ClN2O3. The first-order valence-electron chi connectivity index (χ1n) is 8.64. The highest BCUT2D eigenvalue weighted by Crippen LogP contribution is 2.24. The van der Waals surface area contributed by atoms with Gasteiger partial charge in [0.1, 0.15) is 5.75 Å². The van der Waals surface area contributed by atoms with Crippen molar-refractivity contribution in [2.45, 2.75) is 6.42 Å². The molecule has 0 unspecified atom stereocenters. The highest BCUT2D eigenvalue weighted by Gasteiger charge is 2.13. The molecule has 0 spiro atoms. The second-order valence-corrected chi connectivity index (χ2v) is 6.52. The second-order valence-electron chi connectivity index (χ2n) is 6.09. The Morgan fingerprint density at radius 3 is 2.18 bits per heavy atom. The standard InChI is InChI=1S/C22H19ClN2O3/c1-28-20-12-7-16(23)14-19(20)22(27)25-18-10-8-17(9-11-18)24-21(26)13-15-5-3-2-4-6-15/h2-12,14H,13H2,1H3,(H,24,26)(H,25,27). The minimum Gasteiger partial charge on any atom is -0.496 e. The van der Waals surface area contributed by atoms with E-state index in [4.69, 9.17) is 16.3 Å². The Bertz CT molecular complexity index is 973. The molecule has 0 aromatic heterocycles. The summed E-state index contributed by atoms with van der Waals surface area (Å²) >= 11 is 5.97. The number of benzene rings is 3. The van der Waals surface area contributed by atoms with Gasteiger partial charge in [0.2, 0.25) is 5.91 Å². The maximum atomic E-state index is 12.5. The summed E-state index contributed by atoms with van der Waals surface area (Å²) in [5.41, 5.74) is 2.53. The van der Waals surface area contributed by atoms with Crippen LogP contribution in [0.2, 0.25) is 5.02 Å². The zero-order valence-corrected chi connectivity index (χ0v) is 16.0. The summed E-state index contributed by atoms with van der Waals surface area (Å²) in [4.78, 5) is 24.6. The van der Waals surface area contributed by atoms with Gasteiger partial charge in [-0.05, 0) is 48.0 Å². The monoisotopic (exact) mass is 394 g/mol. The molecule has 6 heteroatoms. The van der Waals surface area contributed by atoms with Crippen molar-refractivity contribution in [1.29, 1.82) is 0 Å². The number of hydrogen-bond acceptors (Lipinski definition) is 3. The number of methoxy groups -OCH3 is 1. The zero-order valence-electron chi connectivity index (χ0n) is 15.2. The highest BCUT2D eigenvalue weighted by molar-refractivity contribution is 6.31. The third kappa shape index (κ3) is 5.11. The molecule has 2 N–H and O–H groups in total. The first-order chi connectivity index (χ1) is 13.5. The Labute approximate surface area is 168 Å².